The largest absolute Gasteiger partial charge is 0.482 e. The molecule has 24 heavy (non-hydrogen) atoms. The van der Waals surface area contributed by atoms with Gasteiger partial charge in [-0.1, -0.05) is 12.1 Å². The fourth-order valence-electron chi connectivity index (χ4n) is 3.25. The van der Waals surface area contributed by atoms with Crippen molar-refractivity contribution in [1.82, 2.24) is 9.80 Å². The maximum atomic E-state index is 12.5. The Morgan fingerprint density at radius 1 is 1.17 bits per heavy atom. The van der Waals surface area contributed by atoms with E-state index in [-0.39, 0.29) is 18.4 Å². The van der Waals surface area contributed by atoms with E-state index >= 15 is 0 Å². The van der Waals surface area contributed by atoms with Crippen LogP contribution in [0.5, 0.6) is 5.75 Å². The predicted octanol–water partition coefficient (Wildman–Crippen LogP) is 1.35. The first-order valence-corrected chi connectivity index (χ1v) is 8.60. The van der Waals surface area contributed by atoms with Gasteiger partial charge in [-0.25, -0.2) is 0 Å². The van der Waals surface area contributed by atoms with E-state index in [1.165, 1.54) is 0 Å². The summed E-state index contributed by atoms with van der Waals surface area (Å²) in [5.74, 6) is 0.733. The summed E-state index contributed by atoms with van der Waals surface area (Å²) in [4.78, 5) is 30.6. The maximum absolute atomic E-state index is 12.5. The number of hydrogen-bond donors (Lipinski definition) is 0. The molecule has 0 spiro atoms. The first kappa shape index (κ1) is 16.8. The summed E-state index contributed by atoms with van der Waals surface area (Å²) in [5.41, 5.74) is 0.756. The number of rotatable bonds is 4. The summed E-state index contributed by atoms with van der Waals surface area (Å²) < 4.78 is 5.43. The zero-order valence-corrected chi connectivity index (χ0v) is 14.4. The summed E-state index contributed by atoms with van der Waals surface area (Å²) >= 11 is 0. The van der Waals surface area contributed by atoms with Gasteiger partial charge < -0.3 is 14.5 Å². The Bertz CT molecular complexity index is 609. The topological polar surface area (TPSA) is 53.1 Å². The number of benzene rings is 1. The molecule has 0 aromatic heterocycles. The third-order valence-corrected chi connectivity index (χ3v) is 4.75. The highest BCUT2D eigenvalue weighted by molar-refractivity contribution is 5.98. The van der Waals surface area contributed by atoms with E-state index in [1.54, 1.807) is 4.90 Å². The summed E-state index contributed by atoms with van der Waals surface area (Å²) in [6.45, 7) is 8.18. The van der Waals surface area contributed by atoms with Crippen molar-refractivity contribution < 1.29 is 14.3 Å². The number of amides is 2. The van der Waals surface area contributed by atoms with Crippen LogP contribution in [0.25, 0.3) is 0 Å². The number of para-hydroxylation sites is 2. The van der Waals surface area contributed by atoms with E-state index in [2.05, 4.69) is 18.7 Å². The Kier molecular flexibility index (Phi) is 5.04. The molecule has 1 saturated heterocycles. The van der Waals surface area contributed by atoms with Gasteiger partial charge in [0, 0.05) is 45.2 Å². The molecule has 0 saturated carbocycles. The van der Waals surface area contributed by atoms with Crippen molar-refractivity contribution in [3.05, 3.63) is 24.3 Å². The molecule has 1 fully saturated rings. The average molecular weight is 331 g/mol. The molecule has 1 aromatic rings. The fraction of sp³-hybridized carbons (Fsp3) is 0.556. The molecule has 6 nitrogen and oxygen atoms in total. The summed E-state index contributed by atoms with van der Waals surface area (Å²) in [6.07, 6.45) is 0.349. The van der Waals surface area contributed by atoms with Crippen LogP contribution in [0.15, 0.2) is 24.3 Å². The molecule has 0 aliphatic carbocycles. The van der Waals surface area contributed by atoms with Crippen LogP contribution in [0.3, 0.4) is 0 Å². The lowest BCUT2D eigenvalue weighted by molar-refractivity contribution is -0.133. The number of ether oxygens (including phenoxy) is 1. The van der Waals surface area contributed by atoms with Crippen molar-refractivity contribution in [3.63, 3.8) is 0 Å². The molecule has 2 aliphatic rings. The average Bonchev–Trinajstić information content (AvgIpc) is 2.60. The van der Waals surface area contributed by atoms with E-state index in [9.17, 15) is 9.59 Å². The van der Waals surface area contributed by atoms with Gasteiger partial charge >= 0.3 is 0 Å². The van der Waals surface area contributed by atoms with Crippen molar-refractivity contribution in [2.75, 3.05) is 44.2 Å². The standard InChI is InChI=1S/C18H25N3O3/c1-14(2)19-9-11-20(12-10-19)17(22)7-8-21-15-5-3-4-6-16(15)24-13-18(21)23/h3-6,14H,7-13H2,1-2H3. The Hall–Kier alpha value is -2.08. The first-order valence-electron chi connectivity index (χ1n) is 8.60. The van der Waals surface area contributed by atoms with Crippen LogP contribution in [-0.2, 0) is 9.59 Å². The van der Waals surface area contributed by atoms with Gasteiger partial charge in [0.15, 0.2) is 6.61 Å². The lowest BCUT2D eigenvalue weighted by atomic mass is 10.2. The number of piperazine rings is 1. The minimum absolute atomic E-state index is 0.0399. The molecule has 130 valence electrons. The molecule has 0 radical (unpaired) electrons. The summed E-state index contributed by atoms with van der Waals surface area (Å²) in [7, 11) is 0. The van der Waals surface area contributed by atoms with Crippen LogP contribution in [0.2, 0.25) is 0 Å². The fourth-order valence-corrected chi connectivity index (χ4v) is 3.25. The Balaban J connectivity index is 1.56. The SMILES string of the molecule is CC(C)N1CCN(C(=O)CCN2C(=O)COc3ccccc32)CC1. The van der Waals surface area contributed by atoms with Gasteiger partial charge in [-0.05, 0) is 26.0 Å². The molecular formula is C18H25N3O3. The highest BCUT2D eigenvalue weighted by atomic mass is 16.5. The molecule has 1 aromatic carbocycles. The molecule has 0 bridgehead atoms. The van der Waals surface area contributed by atoms with Crippen LogP contribution >= 0.6 is 0 Å². The number of hydrogen-bond acceptors (Lipinski definition) is 4. The third-order valence-electron chi connectivity index (χ3n) is 4.75. The second kappa shape index (κ2) is 7.21. The zero-order chi connectivity index (χ0) is 17.1. The molecule has 2 amide bonds. The summed E-state index contributed by atoms with van der Waals surface area (Å²) in [5, 5.41) is 0. The van der Waals surface area contributed by atoms with E-state index in [1.807, 2.05) is 29.2 Å². The monoisotopic (exact) mass is 331 g/mol. The van der Waals surface area contributed by atoms with Gasteiger partial charge in [-0.3, -0.25) is 14.5 Å². The van der Waals surface area contributed by atoms with Gasteiger partial charge in [0.2, 0.25) is 5.91 Å². The second-order valence-corrected chi connectivity index (χ2v) is 6.56. The second-order valence-electron chi connectivity index (χ2n) is 6.56. The van der Waals surface area contributed by atoms with Crippen LogP contribution in [0, 0.1) is 0 Å². The maximum Gasteiger partial charge on any atom is 0.265 e. The molecule has 0 unspecified atom stereocenters. The minimum atomic E-state index is -0.0915. The number of anilines is 1. The summed E-state index contributed by atoms with van der Waals surface area (Å²) in [6, 6.07) is 7.98. The Morgan fingerprint density at radius 3 is 2.58 bits per heavy atom. The van der Waals surface area contributed by atoms with Gasteiger partial charge in [0.25, 0.3) is 5.91 Å². The molecule has 0 atom stereocenters. The minimum Gasteiger partial charge on any atom is -0.482 e. The number of fused-ring (bicyclic) bond motifs is 1. The highest BCUT2D eigenvalue weighted by Crippen LogP contribution is 2.31. The van der Waals surface area contributed by atoms with Gasteiger partial charge in [-0.15, -0.1) is 0 Å². The van der Waals surface area contributed by atoms with Crippen LogP contribution in [0.4, 0.5) is 5.69 Å². The van der Waals surface area contributed by atoms with Crippen LogP contribution in [0.1, 0.15) is 20.3 Å². The Labute approximate surface area is 143 Å². The smallest absolute Gasteiger partial charge is 0.265 e. The van der Waals surface area contributed by atoms with Gasteiger partial charge in [0.1, 0.15) is 5.75 Å². The normalized spacial score (nSPS) is 18.5. The number of carbonyl (C=O) groups is 2. The van der Waals surface area contributed by atoms with Gasteiger partial charge in [-0.2, -0.15) is 0 Å². The highest BCUT2D eigenvalue weighted by Gasteiger charge is 2.27. The van der Waals surface area contributed by atoms with E-state index in [0.29, 0.717) is 24.8 Å². The zero-order valence-electron chi connectivity index (χ0n) is 14.4. The van der Waals surface area contributed by atoms with Crippen molar-refractivity contribution in [3.8, 4) is 5.75 Å². The molecular weight excluding hydrogens is 306 g/mol. The molecule has 6 heteroatoms. The first-order chi connectivity index (χ1) is 11.6. The van der Waals surface area contributed by atoms with Crippen molar-refractivity contribution >= 4 is 17.5 Å². The van der Waals surface area contributed by atoms with Crippen molar-refractivity contribution in [2.24, 2.45) is 0 Å². The molecule has 2 aliphatic heterocycles. The predicted molar refractivity (Wildman–Crippen MR) is 92.2 cm³/mol. The quantitative estimate of drug-likeness (QED) is 0.836. The lowest BCUT2D eigenvalue weighted by Gasteiger charge is -2.37. The van der Waals surface area contributed by atoms with Crippen molar-refractivity contribution in [1.29, 1.82) is 0 Å². The molecule has 3 rings (SSSR count). The van der Waals surface area contributed by atoms with E-state index in [4.69, 9.17) is 4.74 Å². The lowest BCUT2D eigenvalue weighted by Crippen LogP contribution is -2.51. The molecule has 0 N–H and O–H groups in total. The van der Waals surface area contributed by atoms with E-state index < -0.39 is 0 Å². The third kappa shape index (κ3) is 3.53. The number of carbonyl (C=O) groups excluding carboxylic acids is 2. The van der Waals surface area contributed by atoms with Crippen LogP contribution in [-0.4, -0.2) is 67.0 Å². The van der Waals surface area contributed by atoms with E-state index in [0.717, 1.165) is 31.9 Å². The Morgan fingerprint density at radius 2 is 1.88 bits per heavy atom. The molecule has 2 heterocycles. The van der Waals surface area contributed by atoms with Gasteiger partial charge in [0.05, 0.1) is 5.69 Å². The number of nitrogens with zero attached hydrogens (tertiary/aromatic N) is 3. The van der Waals surface area contributed by atoms with Crippen molar-refractivity contribution in [2.45, 2.75) is 26.3 Å². The van der Waals surface area contributed by atoms with Crippen LogP contribution < -0.4 is 9.64 Å².